The summed E-state index contributed by atoms with van der Waals surface area (Å²) in [7, 11) is 1.72. The number of rotatable bonds is 4. The van der Waals surface area contributed by atoms with E-state index in [2.05, 4.69) is 35.8 Å². The molecule has 5 atom stereocenters. The molecule has 3 aliphatic heterocycles. The second-order valence-corrected chi connectivity index (χ2v) is 7.56. The number of aromatic nitrogens is 1. The van der Waals surface area contributed by atoms with Gasteiger partial charge in [0.25, 0.3) is 0 Å². The van der Waals surface area contributed by atoms with Gasteiger partial charge in [-0.3, -0.25) is 4.98 Å². The molecule has 0 radical (unpaired) electrons. The zero-order valence-corrected chi connectivity index (χ0v) is 14.8. The van der Waals surface area contributed by atoms with Gasteiger partial charge in [0.2, 0.25) is 0 Å². The molecule has 0 spiro atoms. The topological polar surface area (TPSA) is 54.2 Å². The van der Waals surface area contributed by atoms with Crippen LogP contribution in [0, 0.1) is 11.8 Å². The van der Waals surface area contributed by atoms with Gasteiger partial charge in [-0.15, -0.1) is 0 Å². The molecule has 4 unspecified atom stereocenters. The molecular weight excluding hydrogens is 298 g/mol. The molecule has 4 heteroatoms. The number of piperidine rings is 3. The Labute approximate surface area is 144 Å². The van der Waals surface area contributed by atoms with E-state index in [4.69, 9.17) is 4.74 Å². The van der Waals surface area contributed by atoms with Crippen LogP contribution < -0.4 is 15.4 Å². The van der Waals surface area contributed by atoms with Crippen molar-refractivity contribution in [2.75, 3.05) is 20.2 Å². The first-order valence-corrected chi connectivity index (χ1v) is 9.31. The van der Waals surface area contributed by atoms with Crippen LogP contribution in [0.5, 0.6) is 5.75 Å². The van der Waals surface area contributed by atoms with Crippen molar-refractivity contribution in [2.24, 2.45) is 11.8 Å². The Kier molecular flexibility index (Phi) is 4.19. The maximum Gasteiger partial charge on any atom is 0.163 e. The molecule has 4 N–H and O–H groups in total. The molecule has 1 aromatic heterocycles. The fourth-order valence-corrected chi connectivity index (χ4v) is 5.09. The number of quaternary nitrogens is 2. The van der Waals surface area contributed by atoms with Gasteiger partial charge in [0, 0.05) is 35.9 Å². The van der Waals surface area contributed by atoms with Crippen molar-refractivity contribution in [3.8, 4) is 5.75 Å². The molecule has 0 aliphatic carbocycles. The third-order valence-corrected chi connectivity index (χ3v) is 6.50. The number of fused-ring (bicyclic) bond motifs is 4. The fraction of sp³-hybridized carbons (Fsp3) is 0.550. The molecule has 3 aliphatic rings. The molecule has 128 valence electrons. The Bertz CT molecular complexity index is 732. The number of hydrogen-bond donors (Lipinski definition) is 2. The minimum absolute atomic E-state index is 0.318. The molecule has 3 saturated heterocycles. The van der Waals surface area contributed by atoms with Crippen molar-refractivity contribution < 1.29 is 15.4 Å². The van der Waals surface area contributed by atoms with Gasteiger partial charge in [0.1, 0.15) is 11.8 Å². The molecule has 1 aromatic carbocycles. The highest BCUT2D eigenvalue weighted by Crippen LogP contribution is 2.33. The van der Waals surface area contributed by atoms with E-state index >= 15 is 0 Å². The van der Waals surface area contributed by atoms with E-state index in [-0.39, 0.29) is 0 Å². The summed E-state index contributed by atoms with van der Waals surface area (Å²) >= 11 is 0. The van der Waals surface area contributed by atoms with Crippen molar-refractivity contribution in [1.82, 2.24) is 4.98 Å². The zero-order chi connectivity index (χ0) is 16.7. The van der Waals surface area contributed by atoms with Crippen molar-refractivity contribution in [2.45, 2.75) is 38.3 Å². The minimum Gasteiger partial charge on any atom is -0.497 e. The van der Waals surface area contributed by atoms with Crippen LogP contribution in [0.1, 0.15) is 37.8 Å². The van der Waals surface area contributed by atoms with Gasteiger partial charge in [-0.1, -0.05) is 6.92 Å². The lowest BCUT2D eigenvalue weighted by atomic mass is 9.72. The van der Waals surface area contributed by atoms with Gasteiger partial charge < -0.3 is 15.4 Å². The summed E-state index contributed by atoms with van der Waals surface area (Å²) < 4.78 is 5.43. The maximum atomic E-state index is 5.43. The van der Waals surface area contributed by atoms with Crippen molar-refractivity contribution in [3.05, 3.63) is 36.0 Å². The van der Waals surface area contributed by atoms with Crippen molar-refractivity contribution >= 4 is 10.9 Å². The van der Waals surface area contributed by atoms with Crippen LogP contribution in [-0.2, 0) is 0 Å². The van der Waals surface area contributed by atoms with E-state index < -0.39 is 0 Å². The molecule has 5 rings (SSSR count). The Morgan fingerprint density at radius 3 is 2.96 bits per heavy atom. The van der Waals surface area contributed by atoms with Gasteiger partial charge in [0.05, 0.1) is 25.7 Å². The van der Waals surface area contributed by atoms with E-state index in [1.807, 2.05) is 12.3 Å². The average Bonchev–Trinajstić information content (AvgIpc) is 2.66. The number of methoxy groups -OCH3 is 1. The highest BCUT2D eigenvalue weighted by Gasteiger charge is 2.47. The summed E-state index contributed by atoms with van der Waals surface area (Å²) in [5, 5.41) is 1.20. The monoisotopic (exact) mass is 327 g/mol. The van der Waals surface area contributed by atoms with Crippen LogP contribution in [0.2, 0.25) is 0 Å². The molecule has 0 saturated carbocycles. The van der Waals surface area contributed by atoms with Gasteiger partial charge in [-0.2, -0.15) is 0 Å². The molecule has 4 nitrogen and oxygen atoms in total. The third kappa shape index (κ3) is 2.58. The van der Waals surface area contributed by atoms with E-state index in [9.17, 15) is 0 Å². The maximum absolute atomic E-state index is 5.43. The average molecular weight is 327 g/mol. The Balaban J connectivity index is 1.68. The van der Waals surface area contributed by atoms with E-state index in [0.29, 0.717) is 12.1 Å². The van der Waals surface area contributed by atoms with E-state index in [1.165, 1.54) is 43.3 Å². The number of hydrogen-bond acceptors (Lipinski definition) is 2. The van der Waals surface area contributed by atoms with E-state index in [1.54, 1.807) is 12.0 Å². The predicted molar refractivity (Wildman–Crippen MR) is 94.9 cm³/mol. The standard InChI is InChI=1S/C20H27N3O/c1-3-13-12-23-9-7-14(13)10-19(23)20(21)16-6-8-22-18-5-4-15(24-2)11-17(16)18/h4-6,8,11,13-14,19-20H,3,7,9-10,12,21H2,1-2H3/p+2/t13?,14?,19?,20-/m0/s1. The normalized spacial score (nSPS) is 30.5. The van der Waals surface area contributed by atoms with Crippen LogP contribution in [0.25, 0.3) is 10.9 Å². The number of nitrogens with one attached hydrogen (secondary N) is 1. The zero-order valence-electron chi connectivity index (χ0n) is 14.8. The first-order valence-electron chi connectivity index (χ1n) is 9.31. The largest absolute Gasteiger partial charge is 0.497 e. The second kappa shape index (κ2) is 6.34. The summed E-state index contributed by atoms with van der Waals surface area (Å²) in [5.74, 6) is 2.73. The number of pyridine rings is 1. The van der Waals surface area contributed by atoms with Crippen LogP contribution in [0.15, 0.2) is 30.5 Å². The Morgan fingerprint density at radius 2 is 2.25 bits per heavy atom. The van der Waals surface area contributed by atoms with Gasteiger partial charge in [0.15, 0.2) is 6.04 Å². The summed E-state index contributed by atoms with van der Waals surface area (Å²) in [4.78, 5) is 6.30. The van der Waals surface area contributed by atoms with Crippen LogP contribution in [-0.4, -0.2) is 31.2 Å². The smallest absolute Gasteiger partial charge is 0.163 e. The summed E-state index contributed by atoms with van der Waals surface area (Å²) in [6.45, 7) is 5.01. The highest BCUT2D eigenvalue weighted by atomic mass is 16.5. The SMILES string of the molecule is CCC1C[NH+]2CCC1CC2[C@@H]([NH3+])c1ccnc2ccc(OC)cc12. The van der Waals surface area contributed by atoms with Crippen LogP contribution >= 0.6 is 0 Å². The lowest BCUT2D eigenvalue weighted by Crippen LogP contribution is -3.21. The Morgan fingerprint density at radius 1 is 1.38 bits per heavy atom. The Hall–Kier alpha value is -1.65. The summed E-state index contributed by atoms with van der Waals surface area (Å²) in [6, 6.07) is 9.29. The molecule has 0 amide bonds. The lowest BCUT2D eigenvalue weighted by Gasteiger charge is -2.47. The minimum atomic E-state index is 0.318. The molecule has 3 fully saturated rings. The molecule has 4 heterocycles. The third-order valence-electron chi connectivity index (χ3n) is 6.50. The van der Waals surface area contributed by atoms with Crippen molar-refractivity contribution in [3.63, 3.8) is 0 Å². The number of benzene rings is 1. The second-order valence-electron chi connectivity index (χ2n) is 7.56. The number of ether oxygens (including phenoxy) is 1. The molecular formula is C20H29N3O+2. The van der Waals surface area contributed by atoms with Gasteiger partial charge >= 0.3 is 0 Å². The molecule has 24 heavy (non-hydrogen) atoms. The van der Waals surface area contributed by atoms with Crippen LogP contribution in [0.3, 0.4) is 0 Å². The van der Waals surface area contributed by atoms with Gasteiger partial charge in [-0.25, -0.2) is 0 Å². The highest BCUT2D eigenvalue weighted by molar-refractivity contribution is 5.83. The lowest BCUT2D eigenvalue weighted by molar-refractivity contribution is -0.957. The van der Waals surface area contributed by atoms with Gasteiger partial charge in [-0.05, 0) is 36.6 Å². The summed E-state index contributed by atoms with van der Waals surface area (Å²) in [5.41, 5.74) is 6.99. The summed E-state index contributed by atoms with van der Waals surface area (Å²) in [6.07, 6.45) is 6.00. The number of nitrogens with zero attached hydrogens (tertiary/aromatic N) is 1. The molecule has 2 bridgehead atoms. The first kappa shape index (κ1) is 15.9. The molecule has 2 aromatic rings. The first-order chi connectivity index (χ1) is 11.7. The van der Waals surface area contributed by atoms with Crippen LogP contribution in [0.4, 0.5) is 0 Å². The van der Waals surface area contributed by atoms with Crippen molar-refractivity contribution in [1.29, 1.82) is 0 Å². The quantitative estimate of drug-likeness (QED) is 0.887. The van der Waals surface area contributed by atoms with E-state index in [0.717, 1.165) is 23.1 Å². The predicted octanol–water partition coefficient (Wildman–Crippen LogP) is 1.23. The fourth-order valence-electron chi connectivity index (χ4n) is 5.09.